The van der Waals surface area contributed by atoms with Crippen molar-refractivity contribution in [3.05, 3.63) is 75.6 Å². The average Bonchev–Trinajstić information content (AvgIpc) is 3.57. The van der Waals surface area contributed by atoms with Crippen LogP contribution in [0.3, 0.4) is 0 Å². The fourth-order valence-corrected chi connectivity index (χ4v) is 6.02. The highest BCUT2D eigenvalue weighted by molar-refractivity contribution is 7.93. The van der Waals surface area contributed by atoms with Gasteiger partial charge in [-0.15, -0.1) is 0 Å². The van der Waals surface area contributed by atoms with E-state index in [9.17, 15) is 27.0 Å². The first kappa shape index (κ1) is 24.0. The zero-order valence-corrected chi connectivity index (χ0v) is 19.7. The molecule has 3 aromatic heterocycles. The first-order valence-corrected chi connectivity index (χ1v) is 12.5. The molecule has 36 heavy (non-hydrogen) atoms. The second kappa shape index (κ2) is 8.45. The predicted molar refractivity (Wildman–Crippen MR) is 126 cm³/mol. The number of halogens is 4. The Morgan fingerprint density at radius 2 is 1.97 bits per heavy atom. The van der Waals surface area contributed by atoms with Crippen molar-refractivity contribution < 1.29 is 22.2 Å². The Labute approximate surface area is 206 Å². The minimum absolute atomic E-state index is 0.0377. The van der Waals surface area contributed by atoms with Crippen LogP contribution >= 0.6 is 11.6 Å². The summed E-state index contributed by atoms with van der Waals surface area (Å²) in [4.78, 5) is 31.4. The van der Waals surface area contributed by atoms with Crippen molar-refractivity contribution in [2.24, 2.45) is 0 Å². The Balaban J connectivity index is 1.53. The number of nitrogens with one attached hydrogen (secondary N) is 3. The van der Waals surface area contributed by atoms with Crippen molar-refractivity contribution in [3.63, 3.8) is 0 Å². The number of H-pyrrole nitrogens is 1. The van der Waals surface area contributed by atoms with Crippen LogP contribution in [0.1, 0.15) is 28.9 Å². The normalized spacial score (nSPS) is 15.6. The molecule has 1 atom stereocenters. The van der Waals surface area contributed by atoms with Crippen LogP contribution < -0.4 is 10.9 Å². The zero-order chi connectivity index (χ0) is 25.8. The van der Waals surface area contributed by atoms with Crippen LogP contribution in [-0.4, -0.2) is 35.1 Å². The van der Waals surface area contributed by atoms with Gasteiger partial charge in [-0.1, -0.05) is 17.7 Å². The van der Waals surface area contributed by atoms with Crippen molar-refractivity contribution in [1.29, 1.82) is 4.78 Å². The molecule has 14 heteroatoms. The summed E-state index contributed by atoms with van der Waals surface area (Å²) in [6.45, 7) is 0. The van der Waals surface area contributed by atoms with Gasteiger partial charge in [0, 0.05) is 22.2 Å². The second-order valence-electron chi connectivity index (χ2n) is 8.13. The van der Waals surface area contributed by atoms with Gasteiger partial charge in [-0.3, -0.25) is 9.59 Å². The lowest BCUT2D eigenvalue weighted by atomic mass is 10.1. The molecule has 1 aliphatic rings. The molecule has 1 saturated carbocycles. The molecule has 1 unspecified atom stereocenters. The lowest BCUT2D eigenvalue weighted by Gasteiger charge is -2.14. The first-order valence-electron chi connectivity index (χ1n) is 10.5. The Hall–Kier alpha value is -3.71. The van der Waals surface area contributed by atoms with Gasteiger partial charge in [0.05, 0.1) is 44.1 Å². The number of carbonyl (C=O) groups excluding carboxylic acids is 1. The van der Waals surface area contributed by atoms with E-state index in [-0.39, 0.29) is 37.4 Å². The summed E-state index contributed by atoms with van der Waals surface area (Å²) in [5, 5.41) is 5.87. The third-order valence-electron chi connectivity index (χ3n) is 5.65. The average molecular weight is 537 g/mol. The number of aromatic nitrogens is 4. The van der Waals surface area contributed by atoms with Gasteiger partial charge in [0.15, 0.2) is 10.7 Å². The van der Waals surface area contributed by atoms with Gasteiger partial charge in [0.2, 0.25) is 0 Å². The molecule has 5 rings (SSSR count). The summed E-state index contributed by atoms with van der Waals surface area (Å²) in [6, 6.07) is 6.85. The molecule has 0 saturated heterocycles. The lowest BCUT2D eigenvalue weighted by molar-refractivity contribution is -0.143. The number of carbonyl (C=O) groups is 1. The van der Waals surface area contributed by atoms with Crippen molar-refractivity contribution in [2.75, 3.05) is 5.32 Å². The third-order valence-corrected chi connectivity index (χ3v) is 8.36. The monoisotopic (exact) mass is 536 g/mol. The number of alkyl halides is 3. The zero-order valence-electron chi connectivity index (χ0n) is 18.1. The van der Waals surface area contributed by atoms with E-state index in [4.69, 9.17) is 16.4 Å². The van der Waals surface area contributed by atoms with E-state index < -0.39 is 38.6 Å². The molecule has 1 aliphatic carbocycles. The maximum absolute atomic E-state index is 14.1. The molecule has 0 radical (unpaired) electrons. The third kappa shape index (κ3) is 4.13. The number of pyridine rings is 2. The van der Waals surface area contributed by atoms with Crippen LogP contribution in [0.4, 0.5) is 18.9 Å². The molecule has 1 aromatic carbocycles. The number of amides is 1. The van der Waals surface area contributed by atoms with Gasteiger partial charge in [-0.25, -0.2) is 18.7 Å². The smallest absolute Gasteiger partial charge is 0.329 e. The van der Waals surface area contributed by atoms with E-state index in [2.05, 4.69) is 20.4 Å². The molecule has 3 N–H and O–H groups in total. The number of benzene rings is 1. The van der Waals surface area contributed by atoms with Gasteiger partial charge in [-0.2, -0.15) is 18.3 Å². The van der Waals surface area contributed by atoms with Gasteiger partial charge >= 0.3 is 6.18 Å². The Kier molecular flexibility index (Phi) is 5.63. The highest BCUT2D eigenvalue weighted by atomic mass is 35.5. The van der Waals surface area contributed by atoms with Gasteiger partial charge < -0.3 is 10.3 Å². The number of nitrogens with zero attached hydrogens (tertiary/aromatic N) is 3. The molecule has 1 amide bonds. The molecule has 1 fully saturated rings. The molecule has 3 heterocycles. The van der Waals surface area contributed by atoms with Crippen LogP contribution in [0.25, 0.3) is 16.5 Å². The molecule has 4 aromatic rings. The quantitative estimate of drug-likeness (QED) is 0.343. The van der Waals surface area contributed by atoms with Crippen LogP contribution in [0, 0.1) is 4.78 Å². The van der Waals surface area contributed by atoms with E-state index in [0.29, 0.717) is 17.5 Å². The van der Waals surface area contributed by atoms with Crippen molar-refractivity contribution in [2.45, 2.75) is 29.3 Å². The molecular formula is C22H16ClF3N6O3S. The fourth-order valence-electron chi connectivity index (χ4n) is 3.83. The number of hydrogen-bond acceptors (Lipinski definition) is 6. The minimum atomic E-state index is -4.98. The maximum atomic E-state index is 14.1. The number of anilines is 1. The van der Waals surface area contributed by atoms with Crippen molar-refractivity contribution in [1.82, 2.24) is 19.7 Å². The predicted octanol–water partition coefficient (Wildman–Crippen LogP) is 4.60. The second-order valence-corrected chi connectivity index (χ2v) is 10.8. The molecule has 0 spiro atoms. The molecule has 186 valence electrons. The lowest BCUT2D eigenvalue weighted by Crippen LogP contribution is -2.21. The SMILES string of the molecule is N=S(=O)(c1ncc(NC(=O)c2cnn(-c3cccc4c(=O)[nH]ccc34)c2C(F)(F)F)cc1Cl)C1CC1. The van der Waals surface area contributed by atoms with Gasteiger partial charge in [0.25, 0.3) is 11.5 Å². The van der Waals surface area contributed by atoms with Gasteiger partial charge in [-0.05, 0) is 37.1 Å². The standard InChI is InChI=1S/C22H16ClF3N6O3S/c23-16-8-11(9-29-21(16)36(27,35)12-4-5-12)31-20(34)15-10-30-32(18(15)22(24,25)26)17-3-1-2-14-13(17)6-7-28-19(14)33/h1-3,6-10,12,27H,4-5H2,(H,28,33)(H,31,34). The minimum Gasteiger partial charge on any atom is -0.329 e. The molecular weight excluding hydrogens is 521 g/mol. The first-order chi connectivity index (χ1) is 17.0. The molecule has 0 bridgehead atoms. The number of hydrogen-bond donors (Lipinski definition) is 3. The molecule has 9 nitrogen and oxygen atoms in total. The highest BCUT2D eigenvalue weighted by Crippen LogP contribution is 2.37. The Bertz CT molecular complexity index is 1690. The summed E-state index contributed by atoms with van der Waals surface area (Å²) < 4.78 is 63.7. The Morgan fingerprint density at radius 1 is 1.22 bits per heavy atom. The fraction of sp³-hybridized carbons (Fsp3) is 0.182. The van der Waals surface area contributed by atoms with Gasteiger partial charge in [0.1, 0.15) is 0 Å². The number of rotatable bonds is 5. The van der Waals surface area contributed by atoms with E-state index in [1.807, 2.05) is 0 Å². The van der Waals surface area contributed by atoms with E-state index in [1.54, 1.807) is 0 Å². The van der Waals surface area contributed by atoms with Crippen LogP contribution in [0.2, 0.25) is 5.02 Å². The summed E-state index contributed by atoms with van der Waals surface area (Å²) >= 11 is 6.13. The van der Waals surface area contributed by atoms with Crippen LogP contribution in [-0.2, 0) is 15.9 Å². The van der Waals surface area contributed by atoms with Crippen LogP contribution in [0.15, 0.2) is 58.7 Å². The van der Waals surface area contributed by atoms with E-state index in [1.165, 1.54) is 36.5 Å². The molecule has 0 aliphatic heterocycles. The van der Waals surface area contributed by atoms with Crippen LogP contribution in [0.5, 0.6) is 0 Å². The number of aromatic amines is 1. The topological polar surface area (TPSA) is 134 Å². The van der Waals surface area contributed by atoms with Crippen molar-refractivity contribution >= 4 is 43.7 Å². The largest absolute Gasteiger partial charge is 0.434 e. The van der Waals surface area contributed by atoms with E-state index in [0.717, 1.165) is 12.4 Å². The Morgan fingerprint density at radius 3 is 2.64 bits per heavy atom. The summed E-state index contributed by atoms with van der Waals surface area (Å²) in [7, 11) is -3.21. The summed E-state index contributed by atoms with van der Waals surface area (Å²) in [6.07, 6.45) is -0.575. The number of fused-ring (bicyclic) bond motifs is 1. The maximum Gasteiger partial charge on any atom is 0.434 e. The highest BCUT2D eigenvalue weighted by Gasteiger charge is 2.41. The summed E-state index contributed by atoms with van der Waals surface area (Å²) in [5.74, 6) is -1.13. The summed E-state index contributed by atoms with van der Waals surface area (Å²) in [5.41, 5.74) is -2.68. The van der Waals surface area contributed by atoms with E-state index >= 15 is 0 Å². The van der Waals surface area contributed by atoms with Crippen molar-refractivity contribution in [3.8, 4) is 5.69 Å².